The van der Waals surface area contributed by atoms with E-state index in [9.17, 15) is 4.79 Å². The van der Waals surface area contributed by atoms with E-state index >= 15 is 0 Å². The topological polar surface area (TPSA) is 101 Å². The van der Waals surface area contributed by atoms with Crippen molar-refractivity contribution in [3.8, 4) is 11.3 Å². The molecule has 0 saturated carbocycles. The van der Waals surface area contributed by atoms with Crippen molar-refractivity contribution in [2.75, 3.05) is 43.5 Å². The number of rotatable bonds is 6. The first-order valence-corrected chi connectivity index (χ1v) is 9.90. The molecular formula is C20H26N6O2. The van der Waals surface area contributed by atoms with Gasteiger partial charge in [-0.2, -0.15) is 0 Å². The van der Waals surface area contributed by atoms with Crippen molar-refractivity contribution >= 4 is 17.7 Å². The molecule has 0 bridgehead atoms. The van der Waals surface area contributed by atoms with Crippen molar-refractivity contribution in [2.45, 2.75) is 19.3 Å². The minimum absolute atomic E-state index is 0.0193. The standard InChI is InChI=1S/C20H26N6O2/c27-19(16-1-6-21-13-16)26-20-23-8-3-17(25-20)15-2-7-22-18(11-15)24-12-14-4-9-28-10-5-14/h2-3,7-8,11,14,16,21H,1,4-6,9-10,12-13H2,(H,22,24)(H,23,25,26,27). The van der Waals surface area contributed by atoms with E-state index in [1.807, 2.05) is 18.2 Å². The summed E-state index contributed by atoms with van der Waals surface area (Å²) < 4.78 is 5.41. The van der Waals surface area contributed by atoms with Crippen molar-refractivity contribution in [1.82, 2.24) is 20.3 Å². The number of nitrogens with zero attached hydrogens (tertiary/aromatic N) is 3. The second-order valence-electron chi connectivity index (χ2n) is 7.31. The quantitative estimate of drug-likeness (QED) is 0.702. The van der Waals surface area contributed by atoms with Gasteiger partial charge < -0.3 is 15.4 Å². The van der Waals surface area contributed by atoms with Crippen LogP contribution in [0.2, 0.25) is 0 Å². The fourth-order valence-corrected chi connectivity index (χ4v) is 3.56. The summed E-state index contributed by atoms with van der Waals surface area (Å²) in [4.78, 5) is 25.4. The van der Waals surface area contributed by atoms with Gasteiger partial charge >= 0.3 is 0 Å². The second-order valence-corrected chi connectivity index (χ2v) is 7.31. The molecule has 8 nitrogen and oxygen atoms in total. The number of hydrogen-bond donors (Lipinski definition) is 3. The number of carbonyl (C=O) groups excluding carboxylic acids is 1. The van der Waals surface area contributed by atoms with E-state index < -0.39 is 0 Å². The Morgan fingerprint density at radius 1 is 1.18 bits per heavy atom. The summed E-state index contributed by atoms with van der Waals surface area (Å²) in [5, 5.41) is 9.45. The summed E-state index contributed by atoms with van der Waals surface area (Å²) in [6, 6.07) is 5.73. The van der Waals surface area contributed by atoms with Crippen molar-refractivity contribution in [2.24, 2.45) is 11.8 Å². The van der Waals surface area contributed by atoms with E-state index in [2.05, 4.69) is 30.9 Å². The molecule has 1 atom stereocenters. The predicted octanol–water partition coefficient (Wildman–Crippen LogP) is 1.93. The van der Waals surface area contributed by atoms with Crippen molar-refractivity contribution in [3.05, 3.63) is 30.6 Å². The van der Waals surface area contributed by atoms with Gasteiger partial charge in [-0.15, -0.1) is 0 Å². The van der Waals surface area contributed by atoms with Gasteiger partial charge in [-0.05, 0) is 49.9 Å². The fraction of sp³-hybridized carbons (Fsp3) is 0.500. The number of anilines is 2. The monoisotopic (exact) mass is 382 g/mol. The zero-order valence-electron chi connectivity index (χ0n) is 15.9. The van der Waals surface area contributed by atoms with Gasteiger partial charge in [0.1, 0.15) is 5.82 Å². The molecule has 3 N–H and O–H groups in total. The second kappa shape index (κ2) is 9.07. The fourth-order valence-electron chi connectivity index (χ4n) is 3.56. The van der Waals surface area contributed by atoms with Crippen molar-refractivity contribution in [1.29, 1.82) is 0 Å². The van der Waals surface area contributed by atoms with Crippen LogP contribution in [0.4, 0.5) is 11.8 Å². The highest BCUT2D eigenvalue weighted by atomic mass is 16.5. The zero-order valence-corrected chi connectivity index (χ0v) is 15.9. The smallest absolute Gasteiger partial charge is 0.231 e. The van der Waals surface area contributed by atoms with Gasteiger partial charge in [0.25, 0.3) is 0 Å². The van der Waals surface area contributed by atoms with Crippen LogP contribution in [0.25, 0.3) is 11.3 Å². The number of nitrogens with one attached hydrogen (secondary N) is 3. The lowest BCUT2D eigenvalue weighted by atomic mass is 10.0. The highest BCUT2D eigenvalue weighted by Gasteiger charge is 2.23. The van der Waals surface area contributed by atoms with E-state index in [0.717, 1.165) is 62.6 Å². The SMILES string of the molecule is O=C(Nc1nccc(-c2ccnc(NCC3CCOCC3)c2)n1)C1CCNC1. The van der Waals surface area contributed by atoms with E-state index in [1.165, 1.54) is 0 Å². The van der Waals surface area contributed by atoms with E-state index in [1.54, 1.807) is 12.4 Å². The molecule has 2 aromatic heterocycles. The molecule has 0 aromatic carbocycles. The van der Waals surface area contributed by atoms with Crippen LogP contribution in [0.5, 0.6) is 0 Å². The molecule has 0 spiro atoms. The summed E-state index contributed by atoms with van der Waals surface area (Å²) >= 11 is 0. The molecule has 0 radical (unpaired) electrons. The predicted molar refractivity (Wildman–Crippen MR) is 107 cm³/mol. The Balaban J connectivity index is 1.41. The molecule has 2 saturated heterocycles. The molecule has 28 heavy (non-hydrogen) atoms. The van der Waals surface area contributed by atoms with Crippen LogP contribution < -0.4 is 16.0 Å². The van der Waals surface area contributed by atoms with Crippen LogP contribution in [0.1, 0.15) is 19.3 Å². The molecular weight excluding hydrogens is 356 g/mol. The van der Waals surface area contributed by atoms with E-state index in [4.69, 9.17) is 4.74 Å². The maximum Gasteiger partial charge on any atom is 0.231 e. The lowest BCUT2D eigenvalue weighted by molar-refractivity contribution is -0.119. The van der Waals surface area contributed by atoms with Crippen molar-refractivity contribution < 1.29 is 9.53 Å². The Morgan fingerprint density at radius 3 is 2.86 bits per heavy atom. The van der Waals surface area contributed by atoms with Gasteiger partial charge in [0, 0.05) is 44.3 Å². The third-order valence-electron chi connectivity index (χ3n) is 5.29. The Kier molecular flexibility index (Phi) is 6.08. The maximum atomic E-state index is 12.3. The number of carbonyl (C=O) groups is 1. The number of amides is 1. The van der Waals surface area contributed by atoms with Gasteiger partial charge in [-0.25, -0.2) is 15.0 Å². The lowest BCUT2D eigenvalue weighted by Gasteiger charge is -2.22. The molecule has 2 aliphatic rings. The normalized spacial score (nSPS) is 20.1. The van der Waals surface area contributed by atoms with Gasteiger partial charge in [0.05, 0.1) is 11.6 Å². The molecule has 8 heteroatoms. The first kappa shape index (κ1) is 18.8. The number of ether oxygens (including phenoxy) is 1. The highest BCUT2D eigenvalue weighted by Crippen LogP contribution is 2.21. The van der Waals surface area contributed by atoms with E-state index in [-0.39, 0.29) is 11.8 Å². The summed E-state index contributed by atoms with van der Waals surface area (Å²) in [5.74, 6) is 1.73. The largest absolute Gasteiger partial charge is 0.381 e. The van der Waals surface area contributed by atoms with Gasteiger partial charge in [-0.1, -0.05) is 0 Å². The van der Waals surface area contributed by atoms with Crippen LogP contribution >= 0.6 is 0 Å². The minimum atomic E-state index is -0.0318. The molecule has 2 aliphatic heterocycles. The molecule has 4 heterocycles. The van der Waals surface area contributed by atoms with Crippen LogP contribution in [-0.4, -0.2) is 53.7 Å². The summed E-state index contributed by atoms with van der Waals surface area (Å²) in [7, 11) is 0. The zero-order chi connectivity index (χ0) is 19.2. The molecule has 1 unspecified atom stereocenters. The first-order chi connectivity index (χ1) is 13.8. The Hall–Kier alpha value is -2.58. The van der Waals surface area contributed by atoms with Crippen molar-refractivity contribution in [3.63, 3.8) is 0 Å². The first-order valence-electron chi connectivity index (χ1n) is 9.90. The minimum Gasteiger partial charge on any atom is -0.381 e. The Morgan fingerprint density at radius 2 is 2.04 bits per heavy atom. The molecule has 2 aromatic rings. The van der Waals surface area contributed by atoms with Crippen LogP contribution in [0.3, 0.4) is 0 Å². The number of pyridine rings is 1. The third-order valence-corrected chi connectivity index (χ3v) is 5.29. The third kappa shape index (κ3) is 4.82. The number of aromatic nitrogens is 3. The summed E-state index contributed by atoms with van der Waals surface area (Å²) in [5.41, 5.74) is 1.69. The van der Waals surface area contributed by atoms with E-state index in [0.29, 0.717) is 18.4 Å². The molecule has 2 fully saturated rings. The summed E-state index contributed by atoms with van der Waals surface area (Å²) in [6.45, 7) is 4.15. The van der Waals surface area contributed by atoms with Gasteiger partial charge in [0.2, 0.25) is 11.9 Å². The van der Waals surface area contributed by atoms with Gasteiger partial charge in [-0.3, -0.25) is 10.1 Å². The van der Waals surface area contributed by atoms with Crippen LogP contribution in [-0.2, 0) is 9.53 Å². The van der Waals surface area contributed by atoms with Gasteiger partial charge in [0.15, 0.2) is 0 Å². The average molecular weight is 382 g/mol. The molecule has 1 amide bonds. The lowest BCUT2D eigenvalue weighted by Crippen LogP contribution is -2.25. The van der Waals surface area contributed by atoms with Crippen LogP contribution in [0.15, 0.2) is 30.6 Å². The average Bonchev–Trinajstić information content (AvgIpc) is 3.29. The van der Waals surface area contributed by atoms with Crippen LogP contribution in [0, 0.1) is 11.8 Å². The molecule has 0 aliphatic carbocycles. The molecule has 4 rings (SSSR count). The maximum absolute atomic E-state index is 12.3. The summed E-state index contributed by atoms with van der Waals surface area (Å²) in [6.07, 6.45) is 6.45. The Labute approximate surface area is 164 Å². The Bertz CT molecular complexity index is 803. The highest BCUT2D eigenvalue weighted by molar-refractivity contribution is 5.91. The number of hydrogen-bond acceptors (Lipinski definition) is 7. The molecule has 148 valence electrons.